The number of benzene rings is 1. The van der Waals surface area contributed by atoms with E-state index < -0.39 is 10.0 Å². The second-order valence-corrected chi connectivity index (χ2v) is 7.85. The molecule has 0 aliphatic rings. The van der Waals surface area contributed by atoms with E-state index in [9.17, 15) is 13.2 Å². The number of sulfonamides is 1. The highest BCUT2D eigenvalue weighted by atomic mass is 32.2. The highest BCUT2D eigenvalue weighted by molar-refractivity contribution is 7.92. The first-order valence-corrected chi connectivity index (χ1v) is 10.2. The van der Waals surface area contributed by atoms with Gasteiger partial charge >= 0.3 is 6.03 Å². The zero-order chi connectivity index (χ0) is 18.0. The van der Waals surface area contributed by atoms with Crippen LogP contribution in [0.3, 0.4) is 0 Å². The number of carbonyl (C=O) groups is 1. The van der Waals surface area contributed by atoms with Crippen LogP contribution in [0.1, 0.15) is 46.5 Å². The van der Waals surface area contributed by atoms with E-state index in [4.69, 9.17) is 0 Å². The Bertz CT molecular complexity index is 600. The second kappa shape index (κ2) is 10.2. The maximum atomic E-state index is 11.9. The van der Waals surface area contributed by atoms with Crippen molar-refractivity contribution >= 4 is 27.4 Å². The Morgan fingerprint density at radius 2 is 1.71 bits per heavy atom. The smallest absolute Gasteiger partial charge is 0.319 e. The van der Waals surface area contributed by atoms with Crippen LogP contribution >= 0.6 is 0 Å². The van der Waals surface area contributed by atoms with E-state index in [0.717, 1.165) is 19.3 Å². The molecule has 1 aromatic rings. The normalized spacial score (nSPS) is 12.5. The molecule has 0 fully saturated rings. The van der Waals surface area contributed by atoms with Crippen molar-refractivity contribution in [2.45, 2.75) is 46.5 Å². The molecule has 0 bridgehead atoms. The summed E-state index contributed by atoms with van der Waals surface area (Å²) in [6.45, 7) is 6.54. The van der Waals surface area contributed by atoms with Gasteiger partial charge in [-0.1, -0.05) is 33.1 Å². The van der Waals surface area contributed by atoms with Crippen LogP contribution in [0.25, 0.3) is 0 Å². The van der Waals surface area contributed by atoms with E-state index in [-0.39, 0.29) is 11.8 Å². The summed E-state index contributed by atoms with van der Waals surface area (Å²) in [6.07, 6.45) is 4.51. The molecular formula is C17H29N3O3S. The highest BCUT2D eigenvalue weighted by Gasteiger charge is 2.09. The van der Waals surface area contributed by atoms with Gasteiger partial charge in [-0.15, -0.1) is 0 Å². The standard InChI is InChI=1S/C17H29N3O3S/c1-4-7-8-14(5-2)13-18-17(21)19-15-9-11-16(12-10-15)20-24(22,23)6-3/h9-12,14,20H,4-8,13H2,1-3H3,(H2,18,19,21). The summed E-state index contributed by atoms with van der Waals surface area (Å²) in [5, 5.41) is 5.65. The van der Waals surface area contributed by atoms with E-state index in [2.05, 4.69) is 29.2 Å². The Kier molecular flexibility index (Phi) is 8.60. The van der Waals surface area contributed by atoms with Gasteiger partial charge < -0.3 is 10.6 Å². The average Bonchev–Trinajstić information content (AvgIpc) is 2.56. The van der Waals surface area contributed by atoms with Crippen LogP contribution in [0.4, 0.5) is 16.2 Å². The first-order valence-electron chi connectivity index (χ1n) is 8.55. The fraction of sp³-hybridized carbons (Fsp3) is 0.588. The SMILES string of the molecule is CCCCC(CC)CNC(=O)Nc1ccc(NS(=O)(=O)CC)cc1. The summed E-state index contributed by atoms with van der Waals surface area (Å²) in [7, 11) is -3.29. The maximum absolute atomic E-state index is 11.9. The molecule has 0 aromatic heterocycles. The lowest BCUT2D eigenvalue weighted by Gasteiger charge is -2.15. The van der Waals surface area contributed by atoms with Gasteiger partial charge in [0.1, 0.15) is 0 Å². The summed E-state index contributed by atoms with van der Waals surface area (Å²) in [4.78, 5) is 11.9. The summed E-state index contributed by atoms with van der Waals surface area (Å²) >= 11 is 0. The summed E-state index contributed by atoms with van der Waals surface area (Å²) in [5.41, 5.74) is 1.10. The van der Waals surface area contributed by atoms with Gasteiger partial charge in [0.05, 0.1) is 5.75 Å². The lowest BCUT2D eigenvalue weighted by molar-refractivity contribution is 0.249. The minimum atomic E-state index is -3.29. The van der Waals surface area contributed by atoms with Crippen LogP contribution in [0.5, 0.6) is 0 Å². The largest absolute Gasteiger partial charge is 0.338 e. The Morgan fingerprint density at radius 1 is 1.08 bits per heavy atom. The molecule has 0 spiro atoms. The third-order valence-electron chi connectivity index (χ3n) is 3.89. The molecule has 7 heteroatoms. The number of unbranched alkanes of at least 4 members (excludes halogenated alkanes) is 1. The van der Waals surface area contributed by atoms with Crippen molar-refractivity contribution in [3.63, 3.8) is 0 Å². The van der Waals surface area contributed by atoms with Crippen molar-refractivity contribution in [1.29, 1.82) is 0 Å². The van der Waals surface area contributed by atoms with Gasteiger partial charge in [-0.3, -0.25) is 4.72 Å². The molecule has 1 rings (SSSR count). The predicted octanol–water partition coefficient (Wildman–Crippen LogP) is 3.79. The van der Waals surface area contributed by atoms with Crippen LogP contribution in [-0.4, -0.2) is 26.7 Å². The molecule has 1 aromatic carbocycles. The van der Waals surface area contributed by atoms with Crippen LogP contribution in [0.2, 0.25) is 0 Å². The highest BCUT2D eigenvalue weighted by Crippen LogP contribution is 2.15. The van der Waals surface area contributed by atoms with Crippen LogP contribution in [0.15, 0.2) is 24.3 Å². The Morgan fingerprint density at radius 3 is 2.25 bits per heavy atom. The molecular weight excluding hydrogens is 326 g/mol. The average molecular weight is 356 g/mol. The number of amides is 2. The topological polar surface area (TPSA) is 87.3 Å². The van der Waals surface area contributed by atoms with E-state index in [1.807, 2.05) is 0 Å². The molecule has 0 saturated heterocycles. The van der Waals surface area contributed by atoms with Gasteiger partial charge in [-0.2, -0.15) is 0 Å². The number of carbonyl (C=O) groups excluding carboxylic acids is 1. The molecule has 0 aliphatic heterocycles. The van der Waals surface area contributed by atoms with E-state index in [1.54, 1.807) is 31.2 Å². The fourth-order valence-electron chi connectivity index (χ4n) is 2.23. The van der Waals surface area contributed by atoms with E-state index >= 15 is 0 Å². The molecule has 1 atom stereocenters. The quantitative estimate of drug-likeness (QED) is 0.597. The first kappa shape index (κ1) is 20.3. The molecule has 0 aliphatic carbocycles. The second-order valence-electron chi connectivity index (χ2n) is 5.83. The van der Waals surface area contributed by atoms with Crippen LogP contribution < -0.4 is 15.4 Å². The first-order chi connectivity index (χ1) is 11.4. The number of rotatable bonds is 10. The van der Waals surface area contributed by atoms with Crippen molar-refractivity contribution in [3.05, 3.63) is 24.3 Å². The van der Waals surface area contributed by atoms with Crippen LogP contribution in [0, 0.1) is 5.92 Å². The van der Waals surface area contributed by atoms with Crippen molar-refractivity contribution in [2.24, 2.45) is 5.92 Å². The minimum absolute atomic E-state index is 0.0199. The third-order valence-corrected chi connectivity index (χ3v) is 5.20. The Labute approximate surface area is 145 Å². The Hall–Kier alpha value is -1.76. The van der Waals surface area contributed by atoms with Crippen molar-refractivity contribution in [3.8, 4) is 0 Å². The lowest BCUT2D eigenvalue weighted by Crippen LogP contribution is -2.33. The molecule has 3 N–H and O–H groups in total. The molecule has 0 radical (unpaired) electrons. The summed E-state index contributed by atoms with van der Waals surface area (Å²) in [5.74, 6) is 0.521. The molecule has 6 nitrogen and oxygen atoms in total. The van der Waals surface area contributed by atoms with Crippen molar-refractivity contribution in [1.82, 2.24) is 5.32 Å². The van der Waals surface area contributed by atoms with Gasteiger partial charge in [-0.25, -0.2) is 13.2 Å². The van der Waals surface area contributed by atoms with Gasteiger partial charge in [0.25, 0.3) is 0 Å². The minimum Gasteiger partial charge on any atom is -0.338 e. The molecule has 2 amide bonds. The Balaban J connectivity index is 2.47. The maximum Gasteiger partial charge on any atom is 0.319 e. The number of nitrogens with one attached hydrogen (secondary N) is 3. The van der Waals surface area contributed by atoms with E-state index in [1.165, 1.54) is 6.42 Å². The number of urea groups is 1. The molecule has 136 valence electrons. The zero-order valence-electron chi connectivity index (χ0n) is 14.8. The monoisotopic (exact) mass is 355 g/mol. The van der Waals surface area contributed by atoms with Crippen molar-refractivity contribution < 1.29 is 13.2 Å². The van der Waals surface area contributed by atoms with Gasteiger partial charge in [0.15, 0.2) is 0 Å². The number of hydrogen-bond acceptors (Lipinski definition) is 3. The molecule has 0 heterocycles. The molecule has 0 saturated carbocycles. The summed E-state index contributed by atoms with van der Waals surface area (Å²) < 4.78 is 25.4. The van der Waals surface area contributed by atoms with Gasteiger partial charge in [0, 0.05) is 17.9 Å². The summed E-state index contributed by atoms with van der Waals surface area (Å²) in [6, 6.07) is 6.34. The molecule has 1 unspecified atom stereocenters. The van der Waals surface area contributed by atoms with E-state index in [0.29, 0.717) is 23.8 Å². The number of anilines is 2. The predicted molar refractivity (Wildman–Crippen MR) is 99.9 cm³/mol. The van der Waals surface area contributed by atoms with Crippen LogP contribution in [-0.2, 0) is 10.0 Å². The van der Waals surface area contributed by atoms with Crippen molar-refractivity contribution in [2.75, 3.05) is 22.3 Å². The third kappa shape index (κ3) is 7.68. The lowest BCUT2D eigenvalue weighted by atomic mass is 9.99. The molecule has 24 heavy (non-hydrogen) atoms. The fourth-order valence-corrected chi connectivity index (χ4v) is 2.87. The van der Waals surface area contributed by atoms with Gasteiger partial charge in [-0.05, 0) is 43.5 Å². The zero-order valence-corrected chi connectivity index (χ0v) is 15.6. The van der Waals surface area contributed by atoms with Gasteiger partial charge in [0.2, 0.25) is 10.0 Å². The number of hydrogen-bond donors (Lipinski definition) is 3.